The average molecular weight is 1490 g/mol. The van der Waals surface area contributed by atoms with E-state index in [1.807, 2.05) is 212 Å². The molecule has 4 unspecified atom stereocenters. The van der Waals surface area contributed by atoms with E-state index in [9.17, 15) is 15.3 Å². The van der Waals surface area contributed by atoms with E-state index < -0.39 is 24.4 Å². The Balaban J connectivity index is 0.703. The number of para-hydroxylation sites is 3. The molecule has 3 aromatic heterocycles. The predicted octanol–water partition coefficient (Wildman–Crippen LogP) is 22.3. The minimum Gasteiger partial charge on any atom is -0.505 e. The Kier molecular flexibility index (Phi) is 18.8. The molecule has 0 spiro atoms. The summed E-state index contributed by atoms with van der Waals surface area (Å²) in [5.41, 5.74) is 31.9. The lowest BCUT2D eigenvalue weighted by Crippen LogP contribution is -2.15. The molecule has 0 saturated heterocycles. The van der Waals surface area contributed by atoms with Crippen LogP contribution in [-0.4, -0.2) is 30.3 Å². The van der Waals surface area contributed by atoms with Crippen molar-refractivity contribution in [1.29, 1.82) is 0 Å². The van der Waals surface area contributed by atoms with E-state index in [1.54, 1.807) is 0 Å². The number of hydrogen-bond donors (Lipinski definition) is 14. The van der Waals surface area contributed by atoms with Crippen molar-refractivity contribution in [3.05, 3.63) is 334 Å². The summed E-state index contributed by atoms with van der Waals surface area (Å²) in [4.78, 5) is 28.3. The molecule has 0 aliphatic rings. The van der Waals surface area contributed by atoms with Crippen molar-refractivity contribution in [2.24, 2.45) is 27.9 Å². The maximum absolute atomic E-state index is 12.7. The number of anilines is 5. The number of hydrazine groups is 2. The number of rotatable bonds is 24. The number of nitrogens with zero attached hydrogens (tertiary/aromatic N) is 2. The van der Waals surface area contributed by atoms with Gasteiger partial charge >= 0.3 is 0 Å². The van der Waals surface area contributed by atoms with Gasteiger partial charge in [0, 0.05) is 87.4 Å². The number of aromatic amines is 3. The summed E-state index contributed by atoms with van der Waals surface area (Å²) in [5.74, 6) is 18.4. The zero-order chi connectivity index (χ0) is 77.0. The summed E-state index contributed by atoms with van der Waals surface area (Å²) >= 11 is 0. The molecular weight excluding hydrogens is 1410 g/mol. The average Bonchev–Trinajstić information content (AvgIpc) is 1.71. The number of phenolic OH excluding ortho intramolecular Hbond substituents is 3. The number of phenols is 3. The summed E-state index contributed by atoms with van der Waals surface area (Å²) in [6, 6.07) is 90.0. The summed E-state index contributed by atoms with van der Waals surface area (Å²) < 4.78 is 0. The molecule has 4 atom stereocenters. The highest BCUT2D eigenvalue weighted by Gasteiger charge is 2.30. The van der Waals surface area contributed by atoms with Crippen molar-refractivity contribution in [3.63, 3.8) is 0 Å². The maximum atomic E-state index is 12.7. The lowest BCUT2D eigenvalue weighted by molar-refractivity contribution is 0.0791. The highest BCUT2D eigenvalue weighted by atomic mass is 16.6. The van der Waals surface area contributed by atoms with Crippen LogP contribution in [0.15, 0.2) is 283 Å². The van der Waals surface area contributed by atoms with Crippen LogP contribution in [0.1, 0.15) is 106 Å². The molecule has 0 amide bonds. The van der Waals surface area contributed by atoms with Crippen LogP contribution in [0.4, 0.5) is 39.8 Å². The molecule has 0 aliphatic heterocycles. The molecule has 558 valence electrons. The standard InChI is InChI=1S/C94H81N13O6/c1-4-52-19-7-10-22-64(52)92(111-95)73-49-57-35-46-70-67-25-13-16-28-76(67)99-83(70)79(57)86(89(73)108)105-102-61-38-31-55(32-39-61)82(56-33-40-62(41-34-56)103-106-87-80-58(36-47-71-68-26-14-17-29-77(68)100-84(71)80)50-74(90(87)109)93(112-96)65-23-11-8-20-53(65)5-2)98-60-42-44-63(45-43-60)104-107-88-81-59(37-48-72-69-27-15-18-30-78(69)101-85(72)81)51-75(91(88)110)94(113-97)66-24-12-9-21-54(66)6-3/h7-51,82,92-94,98-102,104-105,107-110H,4-6,95-97H2,1-3H3. The number of nitrogens with one attached hydrogen (secondary N) is 8. The van der Waals surface area contributed by atoms with Gasteiger partial charge in [0.25, 0.3) is 0 Å². The Morgan fingerprint density at radius 2 is 0.681 bits per heavy atom. The zero-order valence-corrected chi connectivity index (χ0v) is 62.1. The number of benzene rings is 15. The van der Waals surface area contributed by atoms with Crippen LogP contribution >= 0.6 is 0 Å². The third-order valence-corrected chi connectivity index (χ3v) is 22.3. The topological polar surface area (TPSA) is 299 Å². The van der Waals surface area contributed by atoms with Gasteiger partial charge in [-0.3, -0.25) is 25.4 Å². The Morgan fingerprint density at radius 3 is 1.09 bits per heavy atom. The number of nitrogens with two attached hydrogens (primary N) is 3. The highest BCUT2D eigenvalue weighted by molar-refractivity contribution is 6.24. The third kappa shape index (κ3) is 12.6. The summed E-state index contributed by atoms with van der Waals surface area (Å²) in [5, 5.41) is 62.6. The van der Waals surface area contributed by atoms with Crippen molar-refractivity contribution in [2.75, 3.05) is 27.0 Å². The molecule has 19 heteroatoms. The first-order valence-corrected chi connectivity index (χ1v) is 37.9. The van der Waals surface area contributed by atoms with Crippen molar-refractivity contribution >= 4 is 138 Å². The maximum Gasteiger partial charge on any atom is 0.150 e. The second-order valence-electron chi connectivity index (χ2n) is 28.6. The molecule has 0 aliphatic carbocycles. The van der Waals surface area contributed by atoms with Gasteiger partial charge < -0.3 is 46.4 Å². The second-order valence-corrected chi connectivity index (χ2v) is 28.6. The predicted molar refractivity (Wildman–Crippen MR) is 457 cm³/mol. The van der Waals surface area contributed by atoms with E-state index in [0.717, 1.165) is 162 Å². The van der Waals surface area contributed by atoms with Crippen molar-refractivity contribution in [1.82, 2.24) is 15.0 Å². The fourth-order valence-corrected chi connectivity index (χ4v) is 16.7. The fourth-order valence-electron chi connectivity index (χ4n) is 16.7. The van der Waals surface area contributed by atoms with Crippen molar-refractivity contribution in [3.8, 4) is 17.2 Å². The van der Waals surface area contributed by atoms with Crippen LogP contribution in [-0.2, 0) is 33.8 Å². The fraction of sp³-hybridized carbons (Fsp3) is 0.106. The van der Waals surface area contributed by atoms with Gasteiger partial charge in [0.15, 0.2) is 0 Å². The van der Waals surface area contributed by atoms with Crippen LogP contribution in [0.3, 0.4) is 0 Å². The number of aromatic hydroxyl groups is 3. The van der Waals surface area contributed by atoms with Crippen LogP contribution < -0.4 is 44.7 Å². The number of azo groups is 1. The minimum atomic E-state index is -0.823. The number of aromatic nitrogens is 3. The van der Waals surface area contributed by atoms with Crippen LogP contribution in [0.5, 0.6) is 17.2 Å². The highest BCUT2D eigenvalue weighted by Crippen LogP contribution is 2.51. The molecule has 0 radical (unpaired) electrons. The first kappa shape index (κ1) is 70.9. The van der Waals surface area contributed by atoms with Crippen molar-refractivity contribution in [2.45, 2.75) is 64.4 Å². The van der Waals surface area contributed by atoms with E-state index in [1.165, 1.54) is 0 Å². The smallest absolute Gasteiger partial charge is 0.150 e. The van der Waals surface area contributed by atoms with Crippen LogP contribution in [0, 0.1) is 0 Å². The Bertz CT molecular complexity index is 6720. The van der Waals surface area contributed by atoms with Gasteiger partial charge in [0.2, 0.25) is 0 Å². The molecule has 0 saturated carbocycles. The number of H-pyrrole nitrogens is 3. The number of fused-ring (bicyclic) bond motifs is 15. The van der Waals surface area contributed by atoms with Gasteiger partial charge in [-0.2, -0.15) is 5.11 Å². The van der Waals surface area contributed by atoms with Gasteiger partial charge in [-0.15, -0.1) is 5.11 Å². The summed E-state index contributed by atoms with van der Waals surface area (Å²) in [6.07, 6.45) is -0.210. The van der Waals surface area contributed by atoms with Crippen molar-refractivity contribution < 1.29 is 29.8 Å². The zero-order valence-electron chi connectivity index (χ0n) is 62.1. The first-order chi connectivity index (χ1) is 55.5. The molecule has 0 bridgehead atoms. The van der Waals surface area contributed by atoms with Gasteiger partial charge in [-0.05, 0) is 165 Å². The van der Waals surface area contributed by atoms with E-state index >= 15 is 0 Å². The molecular formula is C94H81N13O6. The normalized spacial score (nSPS) is 13.0. The quantitative estimate of drug-likeness (QED) is 0.0152. The SMILES string of the molecule is CCc1ccccc1C(ON)c1cc2ccc3c4ccccc4[nH]c3c2c(N=Nc2ccc(C(Nc3ccc(NNc4c(O)c(C(ON)c5ccccc5CC)cc5ccc6c7ccccc7[nH]c6c45)cc3)c3ccc(NNc4c(O)c(C(ON)c5ccccc5CC)cc5ccc6c7ccccc7[nH]c6c45)cc3)cc2)c1O. The van der Waals surface area contributed by atoms with E-state index in [-0.39, 0.29) is 22.9 Å². The van der Waals surface area contributed by atoms with Crippen LogP contribution in [0.2, 0.25) is 0 Å². The molecule has 3 heterocycles. The minimum absolute atomic E-state index is 0.0245. The molecule has 19 nitrogen and oxygen atoms in total. The molecule has 18 aromatic rings. The summed E-state index contributed by atoms with van der Waals surface area (Å²) in [6.45, 7) is 6.24. The number of aryl methyl sites for hydroxylation is 3. The lowest BCUT2D eigenvalue weighted by Gasteiger charge is -2.24. The Hall–Kier alpha value is -13.8. The Morgan fingerprint density at radius 1 is 0.336 bits per heavy atom. The third-order valence-electron chi connectivity index (χ3n) is 22.3. The van der Waals surface area contributed by atoms with Gasteiger partial charge in [0.05, 0.1) is 39.7 Å². The molecule has 113 heavy (non-hydrogen) atoms. The first-order valence-electron chi connectivity index (χ1n) is 37.9. The lowest BCUT2D eigenvalue weighted by atomic mass is 9.92. The van der Waals surface area contributed by atoms with Gasteiger partial charge in [-0.1, -0.05) is 209 Å². The van der Waals surface area contributed by atoms with Crippen LogP contribution in [0.25, 0.3) is 97.7 Å². The largest absolute Gasteiger partial charge is 0.505 e. The van der Waals surface area contributed by atoms with Gasteiger partial charge in [-0.25, -0.2) is 17.7 Å². The van der Waals surface area contributed by atoms with E-state index in [4.69, 9.17) is 42.4 Å². The Labute approximate surface area is 649 Å². The summed E-state index contributed by atoms with van der Waals surface area (Å²) in [7, 11) is 0. The molecule has 18 rings (SSSR count). The second kappa shape index (κ2) is 29.9. The number of hydrogen-bond acceptors (Lipinski definition) is 16. The molecule has 17 N–H and O–H groups in total. The molecule has 15 aromatic carbocycles. The van der Waals surface area contributed by atoms with Gasteiger partial charge in [0.1, 0.15) is 52.6 Å². The van der Waals surface area contributed by atoms with E-state index in [2.05, 4.69) is 123 Å². The molecule has 0 fully saturated rings. The van der Waals surface area contributed by atoms with E-state index in [0.29, 0.717) is 50.5 Å². The monoisotopic (exact) mass is 1490 g/mol.